The number of nitrogens with one attached hydrogen (secondary N) is 1. The highest BCUT2D eigenvalue weighted by molar-refractivity contribution is 5.85. The van der Waals surface area contributed by atoms with Crippen molar-refractivity contribution in [3.05, 3.63) is 18.0 Å². The van der Waals surface area contributed by atoms with Gasteiger partial charge in [-0.05, 0) is 39.8 Å². The molecule has 0 atom stereocenters. The average Bonchev–Trinajstić information content (AvgIpc) is 2.79. The first kappa shape index (κ1) is 15.5. The molecule has 104 valence electrons. The molecule has 1 aromatic heterocycles. The van der Waals surface area contributed by atoms with Crippen LogP contribution in [-0.4, -0.2) is 40.9 Å². The molecule has 18 heavy (non-hydrogen) atoms. The van der Waals surface area contributed by atoms with E-state index in [0.717, 1.165) is 6.54 Å². The fourth-order valence-corrected chi connectivity index (χ4v) is 2.36. The quantitative estimate of drug-likeness (QED) is 0.911. The maximum Gasteiger partial charge on any atom is 0.0764 e. The normalized spacial score (nSPS) is 18.0. The molecule has 0 unspecified atom stereocenters. The highest BCUT2D eigenvalue weighted by Gasteiger charge is 2.18. The van der Waals surface area contributed by atoms with Gasteiger partial charge >= 0.3 is 0 Å². The number of rotatable bonds is 4. The fourth-order valence-electron chi connectivity index (χ4n) is 2.36. The number of aromatic nitrogens is 2. The number of likely N-dealkylation sites (tertiary alicyclic amines) is 1. The topological polar surface area (TPSA) is 33.1 Å². The molecule has 0 bridgehead atoms. The third kappa shape index (κ3) is 3.97. The van der Waals surface area contributed by atoms with Crippen LogP contribution in [0.5, 0.6) is 0 Å². The van der Waals surface area contributed by atoms with Crippen molar-refractivity contribution in [3.8, 4) is 0 Å². The Morgan fingerprint density at radius 3 is 2.56 bits per heavy atom. The first-order valence-corrected chi connectivity index (χ1v) is 6.62. The van der Waals surface area contributed by atoms with E-state index < -0.39 is 0 Å². The first-order valence-electron chi connectivity index (χ1n) is 6.62. The Morgan fingerprint density at radius 2 is 2.06 bits per heavy atom. The van der Waals surface area contributed by atoms with Crippen molar-refractivity contribution >= 4 is 12.4 Å². The predicted molar refractivity (Wildman–Crippen MR) is 77.2 cm³/mol. The average molecular weight is 273 g/mol. The summed E-state index contributed by atoms with van der Waals surface area (Å²) in [6.45, 7) is 7.68. The summed E-state index contributed by atoms with van der Waals surface area (Å²) in [6, 6.07) is 3.31. The molecule has 1 saturated heterocycles. The molecular formula is C13H25ClN4. The van der Waals surface area contributed by atoms with Gasteiger partial charge in [-0.3, -0.25) is 9.58 Å². The summed E-state index contributed by atoms with van der Waals surface area (Å²) in [6.07, 6.45) is 4.59. The maximum absolute atomic E-state index is 4.60. The van der Waals surface area contributed by atoms with Gasteiger partial charge in [0.1, 0.15) is 0 Å². The van der Waals surface area contributed by atoms with Crippen LogP contribution in [0.3, 0.4) is 0 Å². The number of piperidine rings is 1. The Hall–Kier alpha value is -0.580. The minimum atomic E-state index is 0. The summed E-state index contributed by atoms with van der Waals surface area (Å²) in [4.78, 5) is 2.50. The standard InChI is InChI=1S/C13H24N4.ClH/c1-11(2)17-9-6-13(15-17)10-16-7-4-12(14-3)5-8-16;/h6,9,11-12,14H,4-5,7-8,10H2,1-3H3;1H. The molecule has 4 nitrogen and oxygen atoms in total. The van der Waals surface area contributed by atoms with Gasteiger partial charge in [-0.1, -0.05) is 0 Å². The van der Waals surface area contributed by atoms with Crippen molar-refractivity contribution in [2.75, 3.05) is 20.1 Å². The minimum absolute atomic E-state index is 0. The van der Waals surface area contributed by atoms with E-state index in [1.54, 1.807) is 0 Å². The Kier molecular flexibility index (Phi) is 6.12. The Morgan fingerprint density at radius 1 is 1.39 bits per heavy atom. The van der Waals surface area contributed by atoms with Crippen LogP contribution >= 0.6 is 12.4 Å². The summed E-state index contributed by atoms with van der Waals surface area (Å²) >= 11 is 0. The molecule has 0 spiro atoms. The number of hydrogen-bond donors (Lipinski definition) is 1. The van der Waals surface area contributed by atoms with Crippen LogP contribution < -0.4 is 5.32 Å². The van der Waals surface area contributed by atoms with Crippen molar-refractivity contribution < 1.29 is 0 Å². The van der Waals surface area contributed by atoms with Gasteiger partial charge in [-0.25, -0.2) is 0 Å². The molecule has 1 aromatic rings. The van der Waals surface area contributed by atoms with Gasteiger partial charge in [0.25, 0.3) is 0 Å². The zero-order valence-electron chi connectivity index (χ0n) is 11.6. The Labute approximate surface area is 116 Å². The van der Waals surface area contributed by atoms with E-state index in [-0.39, 0.29) is 12.4 Å². The van der Waals surface area contributed by atoms with E-state index in [1.807, 2.05) is 4.68 Å². The molecule has 2 heterocycles. The second-order valence-electron chi connectivity index (χ2n) is 5.22. The number of nitrogens with zero attached hydrogens (tertiary/aromatic N) is 3. The largest absolute Gasteiger partial charge is 0.317 e. The van der Waals surface area contributed by atoms with E-state index in [2.05, 4.69) is 48.5 Å². The van der Waals surface area contributed by atoms with Gasteiger partial charge in [-0.2, -0.15) is 5.10 Å². The maximum atomic E-state index is 4.60. The lowest BCUT2D eigenvalue weighted by Gasteiger charge is -2.31. The number of hydrogen-bond acceptors (Lipinski definition) is 3. The zero-order chi connectivity index (χ0) is 12.3. The summed E-state index contributed by atoms with van der Waals surface area (Å²) in [5, 5.41) is 7.96. The zero-order valence-corrected chi connectivity index (χ0v) is 12.4. The van der Waals surface area contributed by atoms with Gasteiger partial charge in [0.15, 0.2) is 0 Å². The lowest BCUT2D eigenvalue weighted by Crippen LogP contribution is -2.40. The van der Waals surface area contributed by atoms with Crippen LogP contribution in [-0.2, 0) is 6.54 Å². The van der Waals surface area contributed by atoms with Crippen LogP contribution in [0.4, 0.5) is 0 Å². The van der Waals surface area contributed by atoms with Crippen molar-refractivity contribution in [1.29, 1.82) is 0 Å². The van der Waals surface area contributed by atoms with Crippen LogP contribution in [0.2, 0.25) is 0 Å². The van der Waals surface area contributed by atoms with Crippen LogP contribution in [0.25, 0.3) is 0 Å². The second-order valence-corrected chi connectivity index (χ2v) is 5.22. The van der Waals surface area contributed by atoms with Crippen molar-refractivity contribution in [2.24, 2.45) is 0 Å². The smallest absolute Gasteiger partial charge is 0.0764 e. The third-order valence-corrected chi connectivity index (χ3v) is 3.57. The lowest BCUT2D eigenvalue weighted by molar-refractivity contribution is 0.192. The van der Waals surface area contributed by atoms with E-state index in [1.165, 1.54) is 31.6 Å². The lowest BCUT2D eigenvalue weighted by atomic mass is 10.1. The molecule has 5 heteroatoms. The number of halogens is 1. The first-order chi connectivity index (χ1) is 8.19. The molecule has 0 saturated carbocycles. The molecular weight excluding hydrogens is 248 g/mol. The van der Waals surface area contributed by atoms with Gasteiger partial charge in [-0.15, -0.1) is 12.4 Å². The van der Waals surface area contributed by atoms with E-state index in [0.29, 0.717) is 12.1 Å². The summed E-state index contributed by atoms with van der Waals surface area (Å²) in [5.74, 6) is 0. The monoisotopic (exact) mass is 272 g/mol. The van der Waals surface area contributed by atoms with Gasteiger partial charge in [0, 0.05) is 37.9 Å². The summed E-state index contributed by atoms with van der Waals surface area (Å²) in [5.41, 5.74) is 1.20. The SMILES string of the molecule is CNC1CCN(Cc2ccn(C(C)C)n2)CC1.Cl. The van der Waals surface area contributed by atoms with Crippen molar-refractivity contribution in [2.45, 2.75) is 45.3 Å². The molecule has 0 aromatic carbocycles. The minimum Gasteiger partial charge on any atom is -0.317 e. The van der Waals surface area contributed by atoms with Crippen molar-refractivity contribution in [3.63, 3.8) is 0 Å². The third-order valence-electron chi connectivity index (χ3n) is 3.57. The molecule has 1 aliphatic heterocycles. The molecule has 0 aliphatic carbocycles. The van der Waals surface area contributed by atoms with Gasteiger partial charge < -0.3 is 5.32 Å². The molecule has 1 aliphatic rings. The highest BCUT2D eigenvalue weighted by Crippen LogP contribution is 2.13. The van der Waals surface area contributed by atoms with Crippen LogP contribution in [0.15, 0.2) is 12.3 Å². The molecule has 1 N–H and O–H groups in total. The molecule has 0 amide bonds. The van der Waals surface area contributed by atoms with E-state index >= 15 is 0 Å². The highest BCUT2D eigenvalue weighted by atomic mass is 35.5. The van der Waals surface area contributed by atoms with Gasteiger partial charge in [0.05, 0.1) is 5.69 Å². The van der Waals surface area contributed by atoms with E-state index in [9.17, 15) is 0 Å². The molecule has 0 radical (unpaired) electrons. The van der Waals surface area contributed by atoms with Crippen molar-refractivity contribution in [1.82, 2.24) is 20.0 Å². The Bertz CT molecular complexity index is 343. The van der Waals surface area contributed by atoms with E-state index in [4.69, 9.17) is 0 Å². The van der Waals surface area contributed by atoms with Crippen LogP contribution in [0.1, 0.15) is 38.4 Å². The second kappa shape index (κ2) is 7.12. The molecule has 1 fully saturated rings. The summed E-state index contributed by atoms with van der Waals surface area (Å²) in [7, 11) is 2.06. The summed E-state index contributed by atoms with van der Waals surface area (Å²) < 4.78 is 2.04. The van der Waals surface area contributed by atoms with Gasteiger partial charge in [0.2, 0.25) is 0 Å². The molecule has 2 rings (SSSR count). The predicted octanol–water partition coefficient (Wildman–Crippen LogP) is 2.07. The Balaban J connectivity index is 0.00000162. The fraction of sp³-hybridized carbons (Fsp3) is 0.769. The van der Waals surface area contributed by atoms with Crippen LogP contribution in [0, 0.1) is 0 Å².